The fourth-order valence-electron chi connectivity index (χ4n) is 3.71. The Morgan fingerprint density at radius 2 is 1.72 bits per heavy atom. The number of hydrogen-bond donors (Lipinski definition) is 1. The Hall–Kier alpha value is -0.860. The van der Waals surface area contributed by atoms with Gasteiger partial charge in [-0.25, -0.2) is 0 Å². The van der Waals surface area contributed by atoms with Crippen molar-refractivity contribution in [1.29, 1.82) is 0 Å². The molecule has 18 heavy (non-hydrogen) atoms. The van der Waals surface area contributed by atoms with Crippen LogP contribution >= 0.6 is 0 Å². The molecule has 1 fully saturated rings. The molecular weight excluding hydrogens is 222 g/mol. The van der Waals surface area contributed by atoms with Crippen LogP contribution in [-0.4, -0.2) is 19.8 Å². The van der Waals surface area contributed by atoms with E-state index in [1.165, 1.54) is 43.2 Å². The number of benzene rings is 1. The van der Waals surface area contributed by atoms with E-state index < -0.39 is 0 Å². The molecule has 0 bridgehead atoms. The fourth-order valence-corrected chi connectivity index (χ4v) is 3.71. The van der Waals surface area contributed by atoms with Crippen LogP contribution < -0.4 is 5.73 Å². The molecule has 2 aliphatic rings. The molecule has 2 heteroatoms. The first kappa shape index (κ1) is 12.2. The molecule has 1 saturated heterocycles. The zero-order valence-electron chi connectivity index (χ0n) is 11.0. The maximum Gasteiger partial charge on any atom is 0.0468 e. The van der Waals surface area contributed by atoms with Crippen LogP contribution in [0.5, 0.6) is 0 Å². The highest BCUT2D eigenvalue weighted by Crippen LogP contribution is 2.42. The molecule has 0 spiro atoms. The number of nitrogens with two attached hydrogens (primary N) is 1. The third-order valence-corrected chi connectivity index (χ3v) is 4.74. The van der Waals surface area contributed by atoms with Crippen molar-refractivity contribution in [3.05, 3.63) is 35.4 Å². The van der Waals surface area contributed by atoms with Crippen LogP contribution in [0.3, 0.4) is 0 Å². The van der Waals surface area contributed by atoms with E-state index in [1.54, 1.807) is 0 Å². The normalized spacial score (nSPS) is 22.9. The molecule has 0 atom stereocenters. The second-order valence-corrected chi connectivity index (χ2v) is 6.09. The Kier molecular flexibility index (Phi) is 3.40. The van der Waals surface area contributed by atoms with E-state index in [0.29, 0.717) is 5.41 Å². The monoisotopic (exact) mass is 245 g/mol. The summed E-state index contributed by atoms with van der Waals surface area (Å²) in [6, 6.07) is 8.85. The van der Waals surface area contributed by atoms with E-state index in [0.717, 1.165) is 25.7 Å². The van der Waals surface area contributed by atoms with Crippen molar-refractivity contribution in [3.8, 4) is 0 Å². The fraction of sp³-hybridized carbons (Fsp3) is 0.625. The van der Waals surface area contributed by atoms with Crippen LogP contribution in [0.15, 0.2) is 24.3 Å². The predicted molar refractivity (Wildman–Crippen MR) is 73.5 cm³/mol. The molecule has 0 amide bonds. The summed E-state index contributed by atoms with van der Waals surface area (Å²) in [6.07, 6.45) is 6.08. The summed E-state index contributed by atoms with van der Waals surface area (Å²) in [6.45, 7) is 2.70. The highest BCUT2D eigenvalue weighted by atomic mass is 16.5. The molecule has 1 aromatic carbocycles. The highest BCUT2D eigenvalue weighted by Gasteiger charge is 2.37. The summed E-state index contributed by atoms with van der Waals surface area (Å²) in [4.78, 5) is 0. The second kappa shape index (κ2) is 5.02. The lowest BCUT2D eigenvalue weighted by Gasteiger charge is -2.33. The van der Waals surface area contributed by atoms with Crippen LogP contribution in [0.2, 0.25) is 0 Å². The molecular formula is C16H23NO. The van der Waals surface area contributed by atoms with Crippen LogP contribution in [0.4, 0.5) is 0 Å². The van der Waals surface area contributed by atoms with Gasteiger partial charge in [-0.2, -0.15) is 0 Å². The Morgan fingerprint density at radius 1 is 1.11 bits per heavy atom. The number of hydrogen-bond acceptors (Lipinski definition) is 2. The standard InChI is InChI=1S/C16H23NO/c17-12-16(9-13-5-7-18-8-6-13)10-14-3-1-2-4-15(14)11-16/h1-4,13H,5-12,17H2. The zero-order chi connectivity index (χ0) is 12.4. The first-order chi connectivity index (χ1) is 8.81. The van der Waals surface area contributed by atoms with Gasteiger partial charge in [0.25, 0.3) is 0 Å². The van der Waals surface area contributed by atoms with Crippen LogP contribution in [0.1, 0.15) is 30.4 Å². The minimum absolute atomic E-state index is 0.325. The molecule has 1 aliphatic carbocycles. The molecule has 2 N–H and O–H groups in total. The van der Waals surface area contributed by atoms with Crippen molar-refractivity contribution < 1.29 is 4.74 Å². The highest BCUT2D eigenvalue weighted by molar-refractivity contribution is 5.34. The van der Waals surface area contributed by atoms with Crippen molar-refractivity contribution in [3.63, 3.8) is 0 Å². The van der Waals surface area contributed by atoms with Crippen LogP contribution in [0, 0.1) is 11.3 Å². The van der Waals surface area contributed by atoms with Crippen LogP contribution in [-0.2, 0) is 17.6 Å². The molecule has 0 aromatic heterocycles. The smallest absolute Gasteiger partial charge is 0.0468 e. The molecule has 3 rings (SSSR count). The van der Waals surface area contributed by atoms with Gasteiger partial charge in [0, 0.05) is 13.2 Å². The van der Waals surface area contributed by atoms with Crippen LogP contribution in [0.25, 0.3) is 0 Å². The van der Waals surface area contributed by atoms with E-state index >= 15 is 0 Å². The van der Waals surface area contributed by atoms with Gasteiger partial charge in [-0.05, 0) is 61.1 Å². The number of rotatable bonds is 3. The lowest BCUT2D eigenvalue weighted by molar-refractivity contribution is 0.0488. The summed E-state index contributed by atoms with van der Waals surface area (Å²) in [5, 5.41) is 0. The van der Waals surface area contributed by atoms with Crippen molar-refractivity contribution in [1.82, 2.24) is 0 Å². The van der Waals surface area contributed by atoms with Gasteiger partial charge >= 0.3 is 0 Å². The van der Waals surface area contributed by atoms with E-state index in [9.17, 15) is 0 Å². The van der Waals surface area contributed by atoms with Crippen molar-refractivity contribution >= 4 is 0 Å². The molecule has 0 unspecified atom stereocenters. The van der Waals surface area contributed by atoms with E-state index in [-0.39, 0.29) is 0 Å². The molecule has 1 aliphatic heterocycles. The topological polar surface area (TPSA) is 35.2 Å². The Balaban J connectivity index is 1.73. The third-order valence-electron chi connectivity index (χ3n) is 4.74. The Morgan fingerprint density at radius 3 is 2.28 bits per heavy atom. The minimum Gasteiger partial charge on any atom is -0.381 e. The quantitative estimate of drug-likeness (QED) is 0.888. The average molecular weight is 245 g/mol. The van der Waals surface area contributed by atoms with Gasteiger partial charge in [-0.1, -0.05) is 24.3 Å². The van der Waals surface area contributed by atoms with E-state index in [2.05, 4.69) is 24.3 Å². The van der Waals surface area contributed by atoms with Gasteiger partial charge in [0.15, 0.2) is 0 Å². The first-order valence-corrected chi connectivity index (χ1v) is 7.16. The van der Waals surface area contributed by atoms with Gasteiger partial charge < -0.3 is 10.5 Å². The predicted octanol–water partition coefficient (Wildman–Crippen LogP) is 2.55. The van der Waals surface area contributed by atoms with Crippen molar-refractivity contribution in [2.24, 2.45) is 17.1 Å². The lowest BCUT2D eigenvalue weighted by Crippen LogP contribution is -2.35. The molecule has 1 aromatic rings. The molecule has 98 valence electrons. The maximum atomic E-state index is 6.13. The van der Waals surface area contributed by atoms with Gasteiger partial charge in [0.1, 0.15) is 0 Å². The molecule has 0 saturated carbocycles. The van der Waals surface area contributed by atoms with E-state index in [1.807, 2.05) is 0 Å². The summed E-state index contributed by atoms with van der Waals surface area (Å²) in [5.41, 5.74) is 9.51. The second-order valence-electron chi connectivity index (χ2n) is 6.09. The van der Waals surface area contributed by atoms with E-state index in [4.69, 9.17) is 10.5 Å². The summed E-state index contributed by atoms with van der Waals surface area (Å²) < 4.78 is 5.46. The maximum absolute atomic E-state index is 6.13. The number of ether oxygens (including phenoxy) is 1. The van der Waals surface area contributed by atoms with Gasteiger partial charge in [-0.15, -0.1) is 0 Å². The largest absolute Gasteiger partial charge is 0.381 e. The molecule has 2 nitrogen and oxygen atoms in total. The summed E-state index contributed by atoms with van der Waals surface area (Å²) in [5.74, 6) is 0.816. The van der Waals surface area contributed by atoms with Crippen molar-refractivity contribution in [2.45, 2.75) is 32.1 Å². The minimum atomic E-state index is 0.325. The lowest BCUT2D eigenvalue weighted by atomic mass is 9.75. The zero-order valence-corrected chi connectivity index (χ0v) is 11.0. The average Bonchev–Trinajstić information content (AvgIpc) is 2.78. The van der Waals surface area contributed by atoms with Gasteiger partial charge in [-0.3, -0.25) is 0 Å². The first-order valence-electron chi connectivity index (χ1n) is 7.16. The third kappa shape index (κ3) is 2.32. The van der Waals surface area contributed by atoms with Gasteiger partial charge in [0.05, 0.1) is 0 Å². The summed E-state index contributed by atoms with van der Waals surface area (Å²) in [7, 11) is 0. The molecule has 0 radical (unpaired) electrons. The number of fused-ring (bicyclic) bond motifs is 1. The van der Waals surface area contributed by atoms with Gasteiger partial charge in [0.2, 0.25) is 0 Å². The Bertz CT molecular complexity index is 384. The summed E-state index contributed by atoms with van der Waals surface area (Å²) >= 11 is 0. The SMILES string of the molecule is NCC1(CC2CCOCC2)Cc2ccccc2C1. The Labute approximate surface area is 110 Å². The molecule has 1 heterocycles. The van der Waals surface area contributed by atoms with Crippen molar-refractivity contribution in [2.75, 3.05) is 19.8 Å².